The van der Waals surface area contributed by atoms with Crippen molar-refractivity contribution in [1.29, 1.82) is 0 Å². The van der Waals surface area contributed by atoms with Crippen LogP contribution < -0.4 is 5.32 Å². The molecule has 0 radical (unpaired) electrons. The minimum absolute atomic E-state index is 0.00881. The van der Waals surface area contributed by atoms with Crippen LogP contribution in [0.5, 0.6) is 0 Å². The predicted molar refractivity (Wildman–Crippen MR) is 70.3 cm³/mol. The Bertz CT molecular complexity index is 510. The van der Waals surface area contributed by atoms with Gasteiger partial charge in [-0.05, 0) is 26.0 Å². The highest BCUT2D eigenvalue weighted by Gasteiger charge is 2.13. The van der Waals surface area contributed by atoms with Gasteiger partial charge in [0.25, 0.3) is 9.05 Å². The maximum atomic E-state index is 11.3. The van der Waals surface area contributed by atoms with E-state index in [2.05, 4.69) is 5.32 Å². The van der Waals surface area contributed by atoms with Gasteiger partial charge in [0.15, 0.2) is 0 Å². The zero-order valence-corrected chi connectivity index (χ0v) is 12.4. The molecule has 0 fully saturated rings. The summed E-state index contributed by atoms with van der Waals surface area (Å²) in [5, 5.41) is 2.63. The lowest BCUT2D eigenvalue weighted by Crippen LogP contribution is -2.27. The van der Waals surface area contributed by atoms with Crippen molar-refractivity contribution in [3.63, 3.8) is 0 Å². The molecule has 0 spiro atoms. The molecule has 1 aromatic heterocycles. The summed E-state index contributed by atoms with van der Waals surface area (Å²) in [5.74, 6) is -0.243. The topological polar surface area (TPSA) is 72.5 Å². The summed E-state index contributed by atoms with van der Waals surface area (Å²) < 4.78 is 27.3. The van der Waals surface area contributed by atoms with Gasteiger partial charge in [-0.25, -0.2) is 8.42 Å². The molecule has 0 unspecified atom stereocenters. The average Bonchev–Trinajstić information content (AvgIpc) is 2.71. The first-order chi connectivity index (χ1) is 8.29. The van der Waals surface area contributed by atoms with Crippen molar-refractivity contribution in [2.24, 2.45) is 0 Å². The van der Waals surface area contributed by atoms with Gasteiger partial charge in [0.05, 0.1) is 12.6 Å². The van der Waals surface area contributed by atoms with Crippen molar-refractivity contribution in [3.05, 3.63) is 17.0 Å². The molecule has 5 nitrogen and oxygen atoms in total. The van der Waals surface area contributed by atoms with E-state index in [1.165, 1.54) is 6.07 Å². The molecule has 0 aliphatic rings. The van der Waals surface area contributed by atoms with Gasteiger partial charge in [-0.1, -0.05) is 0 Å². The van der Waals surface area contributed by atoms with Crippen LogP contribution in [0.15, 0.2) is 16.3 Å². The minimum atomic E-state index is -3.69. The second-order valence-electron chi connectivity index (χ2n) is 3.80. The number of thiophene rings is 1. The summed E-state index contributed by atoms with van der Waals surface area (Å²) in [4.78, 5) is 12.1. The van der Waals surface area contributed by atoms with E-state index in [-0.39, 0.29) is 29.4 Å². The lowest BCUT2D eigenvalue weighted by atomic mass is 10.4. The molecule has 1 N–H and O–H groups in total. The Morgan fingerprint density at radius 2 is 2.17 bits per heavy atom. The highest BCUT2D eigenvalue weighted by Crippen LogP contribution is 2.24. The van der Waals surface area contributed by atoms with Crippen molar-refractivity contribution in [1.82, 2.24) is 5.32 Å². The molecule has 0 bridgehead atoms. The van der Waals surface area contributed by atoms with E-state index in [9.17, 15) is 13.2 Å². The number of carbonyl (C=O) groups is 1. The maximum absolute atomic E-state index is 11.3. The van der Waals surface area contributed by atoms with Gasteiger partial charge < -0.3 is 10.1 Å². The van der Waals surface area contributed by atoms with Crippen molar-refractivity contribution in [2.45, 2.75) is 30.7 Å². The Hall–Kier alpha value is -0.630. The van der Waals surface area contributed by atoms with E-state index in [1.54, 1.807) is 6.07 Å². The predicted octanol–water partition coefficient (Wildman–Crippen LogP) is 1.72. The van der Waals surface area contributed by atoms with Crippen LogP contribution in [0.3, 0.4) is 0 Å². The first-order valence-corrected chi connectivity index (χ1v) is 8.33. The largest absolute Gasteiger partial charge is 0.369 e. The number of hydrogen-bond acceptors (Lipinski definition) is 5. The molecule has 0 aliphatic carbocycles. The molecule has 8 heteroatoms. The van der Waals surface area contributed by atoms with Crippen LogP contribution in [0.25, 0.3) is 0 Å². The zero-order chi connectivity index (χ0) is 13.8. The summed E-state index contributed by atoms with van der Waals surface area (Å²) in [6.07, 6.45) is -0.00881. The molecule has 102 valence electrons. The van der Waals surface area contributed by atoms with Gasteiger partial charge in [-0.15, -0.1) is 11.3 Å². The minimum Gasteiger partial charge on any atom is -0.369 e. The fourth-order valence-corrected chi connectivity index (χ4v) is 3.13. The summed E-state index contributed by atoms with van der Waals surface area (Å²) in [6.45, 7) is 3.93. The highest BCUT2D eigenvalue weighted by molar-refractivity contribution is 8.15. The van der Waals surface area contributed by atoms with Crippen LogP contribution in [0.1, 0.15) is 18.7 Å². The Morgan fingerprint density at radius 1 is 1.50 bits per heavy atom. The third-order valence-electron chi connectivity index (χ3n) is 1.88. The van der Waals surface area contributed by atoms with Crippen LogP contribution in [0.4, 0.5) is 0 Å². The third-order valence-corrected chi connectivity index (χ3v) is 5.06. The number of nitrogens with one attached hydrogen (secondary N) is 1. The van der Waals surface area contributed by atoms with Crippen molar-refractivity contribution in [2.75, 3.05) is 6.61 Å². The average molecular weight is 312 g/mol. The van der Waals surface area contributed by atoms with Crippen LogP contribution in [0.2, 0.25) is 0 Å². The van der Waals surface area contributed by atoms with Crippen LogP contribution in [-0.4, -0.2) is 27.0 Å². The van der Waals surface area contributed by atoms with Crippen molar-refractivity contribution >= 4 is 37.0 Å². The Labute approximate surface area is 115 Å². The lowest BCUT2D eigenvalue weighted by Gasteiger charge is -2.07. The summed E-state index contributed by atoms with van der Waals surface area (Å²) in [5.41, 5.74) is 0. The van der Waals surface area contributed by atoms with Gasteiger partial charge in [0.1, 0.15) is 10.8 Å². The molecule has 1 heterocycles. The van der Waals surface area contributed by atoms with Crippen molar-refractivity contribution < 1.29 is 17.9 Å². The highest BCUT2D eigenvalue weighted by atomic mass is 35.7. The first-order valence-electron chi connectivity index (χ1n) is 5.20. The molecular weight excluding hydrogens is 298 g/mol. The van der Waals surface area contributed by atoms with Crippen LogP contribution in [-0.2, 0) is 25.1 Å². The van der Waals surface area contributed by atoms with E-state index in [1.807, 2.05) is 13.8 Å². The number of rotatable bonds is 6. The van der Waals surface area contributed by atoms with Gasteiger partial charge in [0.2, 0.25) is 5.91 Å². The monoisotopic (exact) mass is 311 g/mol. The normalized spacial score (nSPS) is 11.8. The molecule has 0 aromatic carbocycles. The Kier molecular flexibility index (Phi) is 5.58. The van der Waals surface area contributed by atoms with E-state index in [0.29, 0.717) is 4.88 Å². The number of ether oxygens (including phenoxy) is 1. The standard InChI is InChI=1S/C10H14ClNO4S2/c1-7(2)16-6-9(13)12-5-8-3-4-10(17-8)18(11,14)15/h3-4,7H,5-6H2,1-2H3,(H,12,13). The SMILES string of the molecule is CC(C)OCC(=O)NCc1ccc(S(=O)(=O)Cl)s1. The van der Waals surface area contributed by atoms with Crippen molar-refractivity contribution in [3.8, 4) is 0 Å². The second-order valence-corrected chi connectivity index (χ2v) is 7.76. The maximum Gasteiger partial charge on any atom is 0.270 e. The van der Waals surface area contributed by atoms with E-state index in [4.69, 9.17) is 15.4 Å². The second kappa shape index (κ2) is 6.51. The summed E-state index contributed by atoms with van der Waals surface area (Å²) in [6, 6.07) is 3.03. The van der Waals surface area contributed by atoms with Gasteiger partial charge in [-0.2, -0.15) is 0 Å². The quantitative estimate of drug-likeness (QED) is 0.812. The molecule has 18 heavy (non-hydrogen) atoms. The Balaban J connectivity index is 2.45. The molecule has 1 amide bonds. The fraction of sp³-hybridized carbons (Fsp3) is 0.500. The smallest absolute Gasteiger partial charge is 0.270 e. The van der Waals surface area contributed by atoms with E-state index < -0.39 is 9.05 Å². The zero-order valence-electron chi connectivity index (χ0n) is 9.97. The van der Waals surface area contributed by atoms with E-state index >= 15 is 0 Å². The molecule has 0 aliphatic heterocycles. The summed E-state index contributed by atoms with van der Waals surface area (Å²) >= 11 is 1.03. The molecule has 0 atom stereocenters. The molecule has 0 saturated heterocycles. The number of amides is 1. The first kappa shape index (κ1) is 15.4. The number of carbonyl (C=O) groups excluding carboxylic acids is 1. The molecule has 1 aromatic rings. The summed E-state index contributed by atoms with van der Waals surface area (Å²) in [7, 11) is 1.51. The third kappa shape index (κ3) is 5.34. The lowest BCUT2D eigenvalue weighted by molar-refractivity contribution is -0.127. The number of halogens is 1. The van der Waals surface area contributed by atoms with Gasteiger partial charge in [-0.3, -0.25) is 4.79 Å². The molecule has 0 saturated carbocycles. The fourth-order valence-electron chi connectivity index (χ4n) is 1.06. The van der Waals surface area contributed by atoms with Gasteiger partial charge in [0, 0.05) is 15.6 Å². The molecule has 1 rings (SSSR count). The Morgan fingerprint density at radius 3 is 2.67 bits per heavy atom. The van der Waals surface area contributed by atoms with E-state index in [0.717, 1.165) is 11.3 Å². The van der Waals surface area contributed by atoms with Crippen LogP contribution in [0, 0.1) is 0 Å². The van der Waals surface area contributed by atoms with Crippen LogP contribution >= 0.6 is 22.0 Å². The van der Waals surface area contributed by atoms with Gasteiger partial charge >= 0.3 is 0 Å². The molecular formula is C10H14ClNO4S2. The number of hydrogen-bond donors (Lipinski definition) is 1.